The summed E-state index contributed by atoms with van der Waals surface area (Å²) in [6, 6.07) is 5.09. The maximum atomic E-state index is 13.6. The molecular formula is C16H20BrFN2O. The quantitative estimate of drug-likeness (QED) is 0.813. The maximum absolute atomic E-state index is 13.6. The van der Waals surface area contributed by atoms with E-state index < -0.39 is 0 Å². The van der Waals surface area contributed by atoms with E-state index in [2.05, 4.69) is 20.8 Å². The van der Waals surface area contributed by atoms with Crippen molar-refractivity contribution in [2.75, 3.05) is 26.2 Å². The Balaban J connectivity index is 1.70. The summed E-state index contributed by atoms with van der Waals surface area (Å²) in [5.74, 6) is -0.431. The lowest BCUT2D eigenvalue weighted by Gasteiger charge is -2.37. The van der Waals surface area contributed by atoms with Gasteiger partial charge in [0.25, 0.3) is 5.91 Å². The van der Waals surface area contributed by atoms with Crippen LogP contribution in [0.25, 0.3) is 0 Å². The molecule has 0 saturated carbocycles. The number of hydrogen-bond donors (Lipinski definition) is 0. The highest BCUT2D eigenvalue weighted by molar-refractivity contribution is 9.10. The zero-order valence-electron chi connectivity index (χ0n) is 12.0. The minimum atomic E-state index is -0.381. The maximum Gasteiger partial charge on any atom is 0.254 e. The molecule has 1 amide bonds. The molecule has 5 heteroatoms. The van der Waals surface area contributed by atoms with Gasteiger partial charge in [0.2, 0.25) is 0 Å². The van der Waals surface area contributed by atoms with Crippen molar-refractivity contribution in [1.82, 2.24) is 9.80 Å². The Kier molecular flexibility index (Phi) is 4.60. The fourth-order valence-corrected chi connectivity index (χ4v) is 3.60. The number of hydrogen-bond acceptors (Lipinski definition) is 2. The molecule has 1 unspecified atom stereocenters. The van der Waals surface area contributed by atoms with Gasteiger partial charge in [-0.15, -0.1) is 0 Å². The Morgan fingerprint density at radius 3 is 2.67 bits per heavy atom. The van der Waals surface area contributed by atoms with Crippen LogP contribution in [-0.4, -0.2) is 47.9 Å². The van der Waals surface area contributed by atoms with Gasteiger partial charge in [-0.1, -0.05) is 0 Å². The van der Waals surface area contributed by atoms with E-state index in [9.17, 15) is 9.18 Å². The van der Waals surface area contributed by atoms with Gasteiger partial charge in [-0.2, -0.15) is 0 Å². The van der Waals surface area contributed by atoms with E-state index in [1.165, 1.54) is 25.3 Å². The molecule has 1 aromatic rings. The van der Waals surface area contributed by atoms with Crippen LogP contribution in [0.5, 0.6) is 0 Å². The molecule has 2 aliphatic rings. The Labute approximate surface area is 133 Å². The molecule has 21 heavy (non-hydrogen) atoms. The summed E-state index contributed by atoms with van der Waals surface area (Å²) in [5.41, 5.74) is 0.442. The first-order valence-corrected chi connectivity index (χ1v) is 8.43. The lowest BCUT2D eigenvalue weighted by molar-refractivity contribution is 0.0607. The number of piperidine rings is 1. The van der Waals surface area contributed by atoms with Crippen LogP contribution in [-0.2, 0) is 0 Å². The minimum Gasteiger partial charge on any atom is -0.337 e. The van der Waals surface area contributed by atoms with E-state index in [1.807, 2.05) is 4.90 Å². The van der Waals surface area contributed by atoms with Gasteiger partial charge in [0.05, 0.1) is 4.47 Å². The number of likely N-dealkylation sites (tertiary alicyclic amines) is 2. The molecule has 2 aliphatic heterocycles. The Morgan fingerprint density at radius 1 is 1.19 bits per heavy atom. The molecule has 0 radical (unpaired) electrons. The molecule has 0 spiro atoms. The zero-order valence-corrected chi connectivity index (χ0v) is 13.6. The Hall–Kier alpha value is -0.940. The molecule has 0 aromatic heterocycles. The van der Waals surface area contributed by atoms with Crippen molar-refractivity contribution in [1.29, 1.82) is 0 Å². The highest BCUT2D eigenvalue weighted by Crippen LogP contribution is 2.23. The van der Waals surface area contributed by atoms with Crippen molar-refractivity contribution in [3.8, 4) is 0 Å². The molecule has 2 saturated heterocycles. The summed E-state index contributed by atoms with van der Waals surface area (Å²) in [6.45, 7) is 3.86. The number of rotatable bonds is 2. The van der Waals surface area contributed by atoms with E-state index in [1.54, 1.807) is 12.1 Å². The lowest BCUT2D eigenvalue weighted by atomic mass is 10.0. The molecule has 2 heterocycles. The van der Waals surface area contributed by atoms with Crippen LogP contribution in [0.2, 0.25) is 0 Å². The monoisotopic (exact) mass is 354 g/mol. The molecular weight excluding hydrogens is 335 g/mol. The SMILES string of the molecule is O=C(c1ccc(Br)c(F)c1)N1CCCC(N2CCCC2)C1. The first kappa shape index (κ1) is 15.0. The summed E-state index contributed by atoms with van der Waals surface area (Å²) < 4.78 is 14.0. The number of amides is 1. The third kappa shape index (κ3) is 3.29. The summed E-state index contributed by atoms with van der Waals surface area (Å²) in [6.07, 6.45) is 4.73. The van der Waals surface area contributed by atoms with Crippen molar-refractivity contribution in [3.05, 3.63) is 34.1 Å². The number of halogens is 2. The van der Waals surface area contributed by atoms with Gasteiger partial charge < -0.3 is 4.90 Å². The van der Waals surface area contributed by atoms with Gasteiger partial charge in [0.1, 0.15) is 5.82 Å². The zero-order chi connectivity index (χ0) is 14.8. The van der Waals surface area contributed by atoms with Gasteiger partial charge in [0.15, 0.2) is 0 Å². The Bertz CT molecular complexity index is 531. The van der Waals surface area contributed by atoms with Crippen molar-refractivity contribution in [2.45, 2.75) is 31.7 Å². The van der Waals surface area contributed by atoms with Gasteiger partial charge in [-0.25, -0.2) is 4.39 Å². The summed E-state index contributed by atoms with van der Waals surface area (Å²) in [7, 11) is 0. The smallest absolute Gasteiger partial charge is 0.254 e. The molecule has 2 fully saturated rings. The van der Waals surface area contributed by atoms with Crippen molar-refractivity contribution >= 4 is 21.8 Å². The third-order valence-corrected chi connectivity index (χ3v) is 5.15. The molecule has 3 nitrogen and oxygen atoms in total. The molecule has 0 N–H and O–H groups in total. The average Bonchev–Trinajstić information content (AvgIpc) is 3.04. The number of nitrogens with zero attached hydrogens (tertiary/aromatic N) is 2. The first-order valence-electron chi connectivity index (χ1n) is 7.63. The Morgan fingerprint density at radius 2 is 1.95 bits per heavy atom. The van der Waals surface area contributed by atoms with Gasteiger partial charge in [0, 0.05) is 24.7 Å². The van der Waals surface area contributed by atoms with Crippen LogP contribution in [0.4, 0.5) is 4.39 Å². The highest BCUT2D eigenvalue weighted by atomic mass is 79.9. The molecule has 114 valence electrons. The second-order valence-corrected chi connectivity index (χ2v) is 6.77. The van der Waals surface area contributed by atoms with E-state index in [4.69, 9.17) is 0 Å². The van der Waals surface area contributed by atoms with Gasteiger partial charge in [-0.05, 0) is 72.9 Å². The predicted molar refractivity (Wildman–Crippen MR) is 83.8 cm³/mol. The van der Waals surface area contributed by atoms with E-state index in [-0.39, 0.29) is 11.7 Å². The van der Waals surface area contributed by atoms with Crippen LogP contribution in [0, 0.1) is 5.82 Å². The lowest BCUT2D eigenvalue weighted by Crippen LogP contribution is -2.49. The second-order valence-electron chi connectivity index (χ2n) is 5.92. The largest absolute Gasteiger partial charge is 0.337 e. The molecule has 1 atom stereocenters. The van der Waals surface area contributed by atoms with Crippen LogP contribution in [0.15, 0.2) is 22.7 Å². The summed E-state index contributed by atoms with van der Waals surface area (Å²) in [5, 5.41) is 0. The molecule has 3 rings (SSSR count). The third-order valence-electron chi connectivity index (χ3n) is 4.51. The van der Waals surface area contributed by atoms with Crippen molar-refractivity contribution in [3.63, 3.8) is 0 Å². The molecule has 0 aliphatic carbocycles. The van der Waals surface area contributed by atoms with Crippen molar-refractivity contribution < 1.29 is 9.18 Å². The van der Waals surface area contributed by atoms with Crippen LogP contribution < -0.4 is 0 Å². The summed E-state index contributed by atoms with van der Waals surface area (Å²) in [4.78, 5) is 16.9. The van der Waals surface area contributed by atoms with Crippen LogP contribution in [0.3, 0.4) is 0 Å². The number of benzene rings is 1. The van der Waals surface area contributed by atoms with Crippen molar-refractivity contribution in [2.24, 2.45) is 0 Å². The summed E-state index contributed by atoms with van der Waals surface area (Å²) >= 11 is 3.12. The first-order chi connectivity index (χ1) is 10.1. The standard InChI is InChI=1S/C16H20BrFN2O/c17-14-6-5-12(10-15(14)18)16(21)20-9-3-4-13(11-20)19-7-1-2-8-19/h5-6,10,13H,1-4,7-9,11H2. The van der Waals surface area contributed by atoms with Gasteiger partial charge >= 0.3 is 0 Å². The minimum absolute atomic E-state index is 0.0507. The van der Waals surface area contributed by atoms with E-state index in [0.717, 1.165) is 32.6 Å². The fraction of sp³-hybridized carbons (Fsp3) is 0.562. The molecule has 1 aromatic carbocycles. The number of carbonyl (C=O) groups is 1. The predicted octanol–water partition coefficient (Wildman–Crippen LogP) is 3.29. The molecule has 0 bridgehead atoms. The normalized spacial score (nSPS) is 23.5. The average molecular weight is 355 g/mol. The van der Waals surface area contributed by atoms with Crippen LogP contribution in [0.1, 0.15) is 36.0 Å². The van der Waals surface area contributed by atoms with Crippen LogP contribution >= 0.6 is 15.9 Å². The number of carbonyl (C=O) groups excluding carboxylic acids is 1. The highest BCUT2D eigenvalue weighted by Gasteiger charge is 2.29. The van der Waals surface area contributed by atoms with E-state index in [0.29, 0.717) is 16.1 Å². The van der Waals surface area contributed by atoms with E-state index >= 15 is 0 Å². The van der Waals surface area contributed by atoms with Gasteiger partial charge in [-0.3, -0.25) is 9.69 Å². The fourth-order valence-electron chi connectivity index (χ4n) is 3.36. The second kappa shape index (κ2) is 6.44. The topological polar surface area (TPSA) is 23.6 Å².